The number of hydrogen-bond donors (Lipinski definition) is 1. The summed E-state index contributed by atoms with van der Waals surface area (Å²) in [5, 5.41) is 14.6. The van der Waals surface area contributed by atoms with E-state index in [-0.39, 0.29) is 5.91 Å². The van der Waals surface area contributed by atoms with Gasteiger partial charge in [-0.2, -0.15) is 0 Å². The highest BCUT2D eigenvalue weighted by Gasteiger charge is 2.19. The van der Waals surface area contributed by atoms with Crippen LogP contribution in [0.5, 0.6) is 0 Å². The fraction of sp³-hybridized carbons (Fsp3) is 0.562. The van der Waals surface area contributed by atoms with Crippen molar-refractivity contribution in [2.45, 2.75) is 57.3 Å². The van der Waals surface area contributed by atoms with Crippen molar-refractivity contribution in [3.63, 3.8) is 0 Å². The van der Waals surface area contributed by atoms with Gasteiger partial charge in [-0.3, -0.25) is 4.79 Å². The molecule has 1 saturated carbocycles. The Kier molecular flexibility index (Phi) is 5.38. The van der Waals surface area contributed by atoms with Crippen LogP contribution < -0.4 is 5.32 Å². The van der Waals surface area contributed by atoms with Crippen LogP contribution in [0.2, 0.25) is 0 Å². The van der Waals surface area contributed by atoms with E-state index in [0.29, 0.717) is 11.8 Å². The molecule has 2 aromatic heterocycles. The van der Waals surface area contributed by atoms with Gasteiger partial charge in [-0.25, -0.2) is 0 Å². The molecule has 0 bridgehead atoms. The van der Waals surface area contributed by atoms with Gasteiger partial charge in [0.25, 0.3) is 0 Å². The van der Waals surface area contributed by atoms with E-state index in [1.807, 2.05) is 0 Å². The van der Waals surface area contributed by atoms with Gasteiger partial charge in [-0.1, -0.05) is 24.6 Å². The molecule has 23 heavy (non-hydrogen) atoms. The molecule has 1 N–H and O–H groups in total. The van der Waals surface area contributed by atoms with Crippen LogP contribution in [0.4, 0.5) is 0 Å². The Morgan fingerprint density at radius 1 is 1.43 bits per heavy atom. The number of amides is 1. The van der Waals surface area contributed by atoms with Crippen molar-refractivity contribution in [1.29, 1.82) is 0 Å². The summed E-state index contributed by atoms with van der Waals surface area (Å²) in [6.45, 7) is 4.96. The normalized spacial score (nSPS) is 15.2. The van der Waals surface area contributed by atoms with E-state index in [0.717, 1.165) is 35.9 Å². The Morgan fingerprint density at radius 3 is 2.87 bits per heavy atom. The van der Waals surface area contributed by atoms with E-state index in [1.54, 1.807) is 11.3 Å². The molecule has 1 aliphatic carbocycles. The van der Waals surface area contributed by atoms with Crippen LogP contribution in [0.15, 0.2) is 16.6 Å². The van der Waals surface area contributed by atoms with Gasteiger partial charge in [0.2, 0.25) is 5.91 Å². The Balaban J connectivity index is 1.63. The molecule has 0 radical (unpaired) electrons. The van der Waals surface area contributed by atoms with Gasteiger partial charge in [0, 0.05) is 28.4 Å². The highest BCUT2D eigenvalue weighted by molar-refractivity contribution is 7.99. The molecule has 1 fully saturated rings. The van der Waals surface area contributed by atoms with E-state index < -0.39 is 0 Å². The zero-order valence-electron chi connectivity index (χ0n) is 13.5. The summed E-state index contributed by atoms with van der Waals surface area (Å²) < 4.78 is 2.08. The fourth-order valence-electron chi connectivity index (χ4n) is 2.92. The molecular formula is C16H22N4OS2. The average Bonchev–Trinajstić information content (AvgIpc) is 3.25. The molecule has 0 aromatic carbocycles. The maximum atomic E-state index is 12.1. The summed E-state index contributed by atoms with van der Waals surface area (Å²) in [6, 6.07) is 2.50. The molecule has 1 aliphatic rings. The van der Waals surface area contributed by atoms with Gasteiger partial charge >= 0.3 is 0 Å². The van der Waals surface area contributed by atoms with Crippen LogP contribution in [-0.4, -0.2) is 32.5 Å². The number of rotatable bonds is 6. The van der Waals surface area contributed by atoms with Crippen LogP contribution in [0.1, 0.15) is 37.5 Å². The number of nitrogens with one attached hydrogen (secondary N) is 1. The van der Waals surface area contributed by atoms with Gasteiger partial charge in [0.1, 0.15) is 0 Å². The molecule has 0 unspecified atom stereocenters. The monoisotopic (exact) mass is 350 g/mol. The third kappa shape index (κ3) is 3.95. The lowest BCUT2D eigenvalue weighted by molar-refractivity contribution is -0.119. The molecule has 2 heterocycles. The number of thioether (sulfide) groups is 1. The minimum atomic E-state index is 0.0977. The minimum Gasteiger partial charge on any atom is -0.353 e. The van der Waals surface area contributed by atoms with Crippen molar-refractivity contribution in [3.05, 3.63) is 16.3 Å². The third-order valence-electron chi connectivity index (χ3n) is 4.07. The Labute approximate surface area is 144 Å². The van der Waals surface area contributed by atoms with E-state index in [2.05, 4.69) is 45.4 Å². The van der Waals surface area contributed by atoms with Gasteiger partial charge in [0.15, 0.2) is 11.0 Å². The number of aryl methyl sites for hydroxylation is 1. The predicted molar refractivity (Wildman–Crippen MR) is 94.9 cm³/mol. The molecule has 0 saturated heterocycles. The second-order valence-electron chi connectivity index (χ2n) is 5.83. The zero-order chi connectivity index (χ0) is 16.2. The predicted octanol–water partition coefficient (Wildman–Crippen LogP) is 3.49. The van der Waals surface area contributed by atoms with E-state index in [9.17, 15) is 4.79 Å². The van der Waals surface area contributed by atoms with Crippen molar-refractivity contribution < 1.29 is 4.79 Å². The number of hydrogen-bond acceptors (Lipinski definition) is 5. The Morgan fingerprint density at radius 2 is 2.22 bits per heavy atom. The van der Waals surface area contributed by atoms with Gasteiger partial charge < -0.3 is 9.88 Å². The zero-order valence-corrected chi connectivity index (χ0v) is 15.2. The van der Waals surface area contributed by atoms with Gasteiger partial charge in [0.05, 0.1) is 5.75 Å². The van der Waals surface area contributed by atoms with E-state index in [1.165, 1.54) is 29.5 Å². The SMILES string of the molecule is CCn1c(SCC(=O)NC2CCCC2)nnc1-c1csc(C)c1. The number of carbonyl (C=O) groups excluding carboxylic acids is 1. The largest absolute Gasteiger partial charge is 0.353 e. The molecule has 5 nitrogen and oxygen atoms in total. The number of nitrogens with zero attached hydrogens (tertiary/aromatic N) is 3. The summed E-state index contributed by atoms with van der Waals surface area (Å²) >= 11 is 3.18. The number of aromatic nitrogens is 3. The van der Waals surface area contributed by atoms with Crippen LogP contribution in [0, 0.1) is 6.92 Å². The standard InChI is InChI=1S/C16H22N4OS2/c1-3-20-15(12-8-11(2)22-9-12)18-19-16(20)23-10-14(21)17-13-6-4-5-7-13/h8-9,13H,3-7,10H2,1-2H3,(H,17,21). The highest BCUT2D eigenvalue weighted by atomic mass is 32.2. The topological polar surface area (TPSA) is 59.8 Å². The lowest BCUT2D eigenvalue weighted by Gasteiger charge is -2.11. The molecule has 0 atom stereocenters. The van der Waals surface area contributed by atoms with E-state index in [4.69, 9.17) is 0 Å². The van der Waals surface area contributed by atoms with Crippen LogP contribution in [0.3, 0.4) is 0 Å². The second kappa shape index (κ2) is 7.49. The summed E-state index contributed by atoms with van der Waals surface area (Å²) in [7, 11) is 0. The summed E-state index contributed by atoms with van der Waals surface area (Å²) in [6.07, 6.45) is 4.68. The molecule has 7 heteroatoms. The molecule has 1 amide bonds. The maximum absolute atomic E-state index is 12.1. The smallest absolute Gasteiger partial charge is 0.230 e. The summed E-state index contributed by atoms with van der Waals surface area (Å²) in [5.41, 5.74) is 1.10. The molecule has 0 aliphatic heterocycles. The first kappa shape index (κ1) is 16.5. The molecule has 0 spiro atoms. The molecule has 3 rings (SSSR count). The Hall–Kier alpha value is -1.34. The fourth-order valence-corrected chi connectivity index (χ4v) is 4.42. The maximum Gasteiger partial charge on any atom is 0.230 e. The van der Waals surface area contributed by atoms with E-state index >= 15 is 0 Å². The quantitative estimate of drug-likeness (QED) is 0.810. The second-order valence-corrected chi connectivity index (χ2v) is 7.89. The summed E-state index contributed by atoms with van der Waals surface area (Å²) in [5.74, 6) is 1.38. The van der Waals surface area contributed by atoms with Crippen molar-refractivity contribution in [1.82, 2.24) is 20.1 Å². The molecular weight excluding hydrogens is 328 g/mol. The minimum absolute atomic E-state index is 0.0977. The van der Waals surface area contributed by atoms with Crippen molar-refractivity contribution in [2.75, 3.05) is 5.75 Å². The van der Waals surface area contributed by atoms with Crippen molar-refractivity contribution in [3.8, 4) is 11.4 Å². The van der Waals surface area contributed by atoms with Gasteiger partial charge in [-0.05, 0) is 32.8 Å². The van der Waals surface area contributed by atoms with Crippen LogP contribution in [0.25, 0.3) is 11.4 Å². The van der Waals surface area contributed by atoms with Crippen LogP contribution >= 0.6 is 23.1 Å². The number of thiophene rings is 1. The van der Waals surface area contributed by atoms with Crippen molar-refractivity contribution in [2.24, 2.45) is 0 Å². The Bertz CT molecular complexity index is 673. The number of carbonyl (C=O) groups is 1. The molecule has 124 valence electrons. The van der Waals surface area contributed by atoms with Gasteiger partial charge in [-0.15, -0.1) is 21.5 Å². The first-order valence-corrected chi connectivity index (χ1v) is 9.94. The third-order valence-corrected chi connectivity index (χ3v) is 5.90. The first-order valence-electron chi connectivity index (χ1n) is 8.08. The highest BCUT2D eigenvalue weighted by Crippen LogP contribution is 2.27. The van der Waals surface area contributed by atoms with Crippen LogP contribution in [-0.2, 0) is 11.3 Å². The molecule has 2 aromatic rings. The average molecular weight is 351 g/mol. The first-order chi connectivity index (χ1) is 11.2. The lowest BCUT2D eigenvalue weighted by Crippen LogP contribution is -2.33. The lowest BCUT2D eigenvalue weighted by atomic mass is 10.2. The summed E-state index contributed by atoms with van der Waals surface area (Å²) in [4.78, 5) is 13.3. The van der Waals surface area contributed by atoms with Crippen molar-refractivity contribution >= 4 is 29.0 Å².